The number of rotatable bonds is 3. The van der Waals surface area contributed by atoms with Crippen LogP contribution >= 0.6 is 22.9 Å². The highest BCUT2D eigenvalue weighted by Gasteiger charge is 2.13. The summed E-state index contributed by atoms with van der Waals surface area (Å²) in [6.45, 7) is 0.323. The average Bonchev–Trinajstić information content (AvgIpc) is 2.82. The van der Waals surface area contributed by atoms with E-state index in [2.05, 4.69) is 11.1 Å². The standard InChI is InChI=1S/C12H10ClN3OS/c1-17-9-3-2-7(4-8(9)13)12-10(5-14)18-11(6-15)16-12/h2-4H,6,15H2,1H3. The van der Waals surface area contributed by atoms with Crippen molar-refractivity contribution in [2.24, 2.45) is 5.73 Å². The second-order valence-corrected chi connectivity index (χ2v) is 4.94. The maximum Gasteiger partial charge on any atom is 0.137 e. The molecule has 0 saturated carbocycles. The molecule has 0 aliphatic rings. The molecule has 0 atom stereocenters. The molecule has 6 heteroatoms. The molecule has 2 N–H and O–H groups in total. The largest absolute Gasteiger partial charge is 0.495 e. The predicted molar refractivity (Wildman–Crippen MR) is 71.7 cm³/mol. The summed E-state index contributed by atoms with van der Waals surface area (Å²) in [5.41, 5.74) is 6.94. The Morgan fingerprint density at radius 2 is 2.33 bits per heavy atom. The monoisotopic (exact) mass is 279 g/mol. The fourth-order valence-corrected chi connectivity index (χ4v) is 2.56. The van der Waals surface area contributed by atoms with Crippen molar-refractivity contribution in [2.45, 2.75) is 6.54 Å². The normalized spacial score (nSPS) is 10.1. The van der Waals surface area contributed by atoms with Gasteiger partial charge in [0.15, 0.2) is 0 Å². The molecule has 4 nitrogen and oxygen atoms in total. The van der Waals surface area contributed by atoms with Gasteiger partial charge >= 0.3 is 0 Å². The second-order valence-electron chi connectivity index (χ2n) is 3.45. The summed E-state index contributed by atoms with van der Waals surface area (Å²) in [6.07, 6.45) is 0. The Morgan fingerprint density at radius 3 is 2.89 bits per heavy atom. The highest BCUT2D eigenvalue weighted by molar-refractivity contribution is 7.12. The third-order valence-electron chi connectivity index (χ3n) is 2.37. The van der Waals surface area contributed by atoms with Gasteiger partial charge in [-0.1, -0.05) is 11.6 Å². The lowest BCUT2D eigenvalue weighted by Crippen LogP contribution is -1.94. The number of aromatic nitrogens is 1. The number of hydrogen-bond acceptors (Lipinski definition) is 5. The van der Waals surface area contributed by atoms with Gasteiger partial charge in [0.2, 0.25) is 0 Å². The third-order valence-corrected chi connectivity index (χ3v) is 3.65. The summed E-state index contributed by atoms with van der Waals surface area (Å²) in [5, 5.41) is 10.3. The van der Waals surface area contributed by atoms with E-state index in [1.54, 1.807) is 19.2 Å². The molecular formula is C12H10ClN3OS. The van der Waals surface area contributed by atoms with Crippen LogP contribution in [0.2, 0.25) is 5.02 Å². The zero-order valence-electron chi connectivity index (χ0n) is 9.61. The minimum absolute atomic E-state index is 0.323. The van der Waals surface area contributed by atoms with Crippen molar-refractivity contribution >= 4 is 22.9 Å². The average molecular weight is 280 g/mol. The van der Waals surface area contributed by atoms with Crippen LogP contribution in [-0.2, 0) is 6.54 Å². The first-order chi connectivity index (χ1) is 8.69. The van der Waals surface area contributed by atoms with E-state index >= 15 is 0 Å². The first kappa shape index (κ1) is 12.8. The van der Waals surface area contributed by atoms with Gasteiger partial charge in [0.1, 0.15) is 21.7 Å². The Hall–Kier alpha value is -1.61. The van der Waals surface area contributed by atoms with Crippen LogP contribution in [0.3, 0.4) is 0 Å². The van der Waals surface area contributed by atoms with Gasteiger partial charge in [-0.25, -0.2) is 4.98 Å². The Kier molecular flexibility index (Phi) is 3.82. The molecule has 1 aromatic heterocycles. The summed E-state index contributed by atoms with van der Waals surface area (Å²) in [4.78, 5) is 4.88. The predicted octanol–water partition coefficient (Wildman–Crippen LogP) is 2.80. The molecule has 2 rings (SSSR count). The summed E-state index contributed by atoms with van der Waals surface area (Å²) in [5.74, 6) is 0.591. The molecule has 0 saturated heterocycles. The lowest BCUT2D eigenvalue weighted by atomic mass is 10.1. The van der Waals surface area contributed by atoms with Crippen LogP contribution in [0.15, 0.2) is 18.2 Å². The van der Waals surface area contributed by atoms with Crippen molar-refractivity contribution in [2.75, 3.05) is 7.11 Å². The fraction of sp³-hybridized carbons (Fsp3) is 0.167. The fourth-order valence-electron chi connectivity index (χ4n) is 1.54. The van der Waals surface area contributed by atoms with E-state index < -0.39 is 0 Å². The Bertz CT molecular complexity index is 618. The summed E-state index contributed by atoms with van der Waals surface area (Å²) >= 11 is 7.36. The van der Waals surface area contributed by atoms with Crippen molar-refractivity contribution in [3.63, 3.8) is 0 Å². The smallest absolute Gasteiger partial charge is 0.137 e. The minimum Gasteiger partial charge on any atom is -0.495 e. The van der Waals surface area contributed by atoms with Gasteiger partial charge < -0.3 is 10.5 Å². The molecule has 1 heterocycles. The van der Waals surface area contributed by atoms with Crippen LogP contribution in [0.5, 0.6) is 5.75 Å². The van der Waals surface area contributed by atoms with E-state index in [-0.39, 0.29) is 0 Å². The molecule has 0 fully saturated rings. The molecular weight excluding hydrogens is 270 g/mol. The van der Waals surface area contributed by atoms with Gasteiger partial charge in [0, 0.05) is 12.1 Å². The van der Waals surface area contributed by atoms with E-state index in [1.807, 2.05) is 6.07 Å². The van der Waals surface area contributed by atoms with Crippen LogP contribution < -0.4 is 10.5 Å². The van der Waals surface area contributed by atoms with Crippen molar-refractivity contribution < 1.29 is 4.74 Å². The van der Waals surface area contributed by atoms with Crippen LogP contribution in [0.1, 0.15) is 9.88 Å². The Balaban J connectivity index is 2.52. The van der Waals surface area contributed by atoms with Crippen LogP contribution in [0.4, 0.5) is 0 Å². The van der Waals surface area contributed by atoms with Crippen molar-refractivity contribution in [3.8, 4) is 23.1 Å². The van der Waals surface area contributed by atoms with Crippen LogP contribution in [0, 0.1) is 11.3 Å². The van der Waals surface area contributed by atoms with E-state index in [1.165, 1.54) is 11.3 Å². The number of methoxy groups -OCH3 is 1. The number of nitrogens with zero attached hydrogens (tertiary/aromatic N) is 2. The maximum atomic E-state index is 9.08. The van der Waals surface area contributed by atoms with Crippen LogP contribution in [-0.4, -0.2) is 12.1 Å². The number of nitriles is 1. The molecule has 0 radical (unpaired) electrons. The molecule has 0 aliphatic carbocycles. The highest BCUT2D eigenvalue weighted by atomic mass is 35.5. The Morgan fingerprint density at radius 1 is 1.56 bits per heavy atom. The van der Waals surface area contributed by atoms with Crippen molar-refractivity contribution in [1.29, 1.82) is 5.26 Å². The van der Waals surface area contributed by atoms with Gasteiger partial charge in [0.25, 0.3) is 0 Å². The number of hydrogen-bond donors (Lipinski definition) is 1. The molecule has 0 bridgehead atoms. The van der Waals surface area contributed by atoms with Gasteiger partial charge in [-0.2, -0.15) is 5.26 Å². The van der Waals surface area contributed by atoms with E-state index in [0.29, 0.717) is 27.9 Å². The summed E-state index contributed by atoms with van der Waals surface area (Å²) in [6, 6.07) is 7.43. The number of benzene rings is 1. The molecule has 0 aliphatic heterocycles. The number of halogens is 1. The maximum absolute atomic E-state index is 9.08. The molecule has 2 aromatic rings. The first-order valence-corrected chi connectivity index (χ1v) is 6.32. The molecule has 92 valence electrons. The van der Waals surface area contributed by atoms with E-state index in [0.717, 1.165) is 10.6 Å². The lowest BCUT2D eigenvalue weighted by molar-refractivity contribution is 0.415. The van der Waals surface area contributed by atoms with Crippen LogP contribution in [0.25, 0.3) is 11.3 Å². The SMILES string of the molecule is COc1ccc(-c2nc(CN)sc2C#N)cc1Cl. The summed E-state index contributed by atoms with van der Waals surface area (Å²) < 4.78 is 5.08. The van der Waals surface area contributed by atoms with Gasteiger partial charge in [0.05, 0.1) is 17.8 Å². The summed E-state index contributed by atoms with van der Waals surface area (Å²) in [7, 11) is 1.55. The molecule has 0 amide bonds. The van der Waals surface area contributed by atoms with Crippen molar-refractivity contribution in [1.82, 2.24) is 4.98 Å². The van der Waals surface area contributed by atoms with Crippen molar-refractivity contribution in [3.05, 3.63) is 33.1 Å². The Labute approximate surface area is 114 Å². The first-order valence-electron chi connectivity index (χ1n) is 5.13. The van der Waals surface area contributed by atoms with Gasteiger partial charge in [-0.15, -0.1) is 11.3 Å². The number of ether oxygens (including phenoxy) is 1. The van der Waals surface area contributed by atoms with E-state index in [4.69, 9.17) is 27.3 Å². The number of thiazole rings is 1. The molecule has 0 unspecified atom stereocenters. The zero-order chi connectivity index (χ0) is 13.1. The molecule has 0 spiro atoms. The van der Waals surface area contributed by atoms with Gasteiger partial charge in [-0.3, -0.25) is 0 Å². The topological polar surface area (TPSA) is 71.9 Å². The molecule has 1 aromatic carbocycles. The quantitative estimate of drug-likeness (QED) is 0.938. The van der Waals surface area contributed by atoms with Gasteiger partial charge in [-0.05, 0) is 18.2 Å². The number of nitrogens with two attached hydrogens (primary N) is 1. The lowest BCUT2D eigenvalue weighted by Gasteiger charge is -2.04. The third kappa shape index (κ3) is 2.31. The highest BCUT2D eigenvalue weighted by Crippen LogP contribution is 2.33. The minimum atomic E-state index is 0.323. The zero-order valence-corrected chi connectivity index (χ0v) is 11.2. The second kappa shape index (κ2) is 5.36. The van der Waals surface area contributed by atoms with E-state index in [9.17, 15) is 0 Å². The molecule has 18 heavy (non-hydrogen) atoms.